The molecule has 4 N–H and O–H groups in total. The molecule has 6 aliphatic rings. The number of nitro benzene ring substituents is 1. The van der Waals surface area contributed by atoms with Gasteiger partial charge in [-0.15, -0.1) is 6.42 Å². The van der Waals surface area contributed by atoms with Crippen molar-refractivity contribution in [3.05, 3.63) is 124 Å². The number of anilines is 3. The molecule has 2 spiro atoms. The number of terminal acetylenes is 1. The van der Waals surface area contributed by atoms with Crippen molar-refractivity contribution in [3.63, 3.8) is 0 Å². The molecule has 4 aromatic rings. The molecule has 2 saturated carbocycles. The van der Waals surface area contributed by atoms with Crippen LogP contribution in [0.15, 0.2) is 97.1 Å². The number of likely N-dealkylation sites (tertiary alicyclic amines) is 1. The van der Waals surface area contributed by atoms with Gasteiger partial charge in [-0.1, -0.05) is 36.3 Å². The number of amides is 8. The molecule has 17 nitrogen and oxygen atoms in total. The molecule has 0 atom stereocenters. The quantitative estimate of drug-likeness (QED) is 0.0465. The van der Waals surface area contributed by atoms with Crippen LogP contribution in [0, 0.1) is 22.5 Å². The number of non-ortho nitro benzene ring substituents is 1. The molecule has 4 aliphatic heterocycles. The predicted octanol–water partition coefficient (Wildman–Crippen LogP) is 7.74. The summed E-state index contributed by atoms with van der Waals surface area (Å²) in [6, 6.07) is 26.7. The fourth-order valence-electron chi connectivity index (χ4n) is 8.57. The van der Waals surface area contributed by atoms with Crippen LogP contribution in [0.25, 0.3) is 0 Å². The van der Waals surface area contributed by atoms with E-state index in [1.807, 2.05) is 48.5 Å². The number of halogens is 1. The zero-order valence-corrected chi connectivity index (χ0v) is 36.6. The zero-order valence-electron chi connectivity index (χ0n) is 35.8. The number of nitrogens with zero attached hydrogens (tertiary/aromatic N) is 4. The van der Waals surface area contributed by atoms with Crippen LogP contribution < -0.4 is 35.8 Å². The number of nitro groups is 1. The lowest BCUT2D eigenvalue weighted by Crippen LogP contribution is -2.56. The van der Waals surface area contributed by atoms with Crippen LogP contribution in [0.5, 0.6) is 5.75 Å². The molecule has 10 rings (SSSR count). The van der Waals surface area contributed by atoms with E-state index in [-0.39, 0.29) is 35.3 Å². The number of imide groups is 2. The van der Waals surface area contributed by atoms with Crippen LogP contribution in [-0.4, -0.2) is 82.4 Å². The Bertz CT molecular complexity index is 2580. The first-order valence-electron chi connectivity index (χ1n) is 21.8. The number of carbonyl (C=O) groups excluding carboxylic acids is 6. The summed E-state index contributed by atoms with van der Waals surface area (Å²) < 4.78 is 4.45. The third kappa shape index (κ3) is 9.99. The fraction of sp³-hybridized carbons (Fsp3) is 0.333. The van der Waals surface area contributed by atoms with E-state index in [2.05, 4.69) is 31.9 Å². The second-order valence-corrected chi connectivity index (χ2v) is 17.3. The number of nitrogens with one attached hydrogen (secondary N) is 4. The Morgan fingerprint density at radius 3 is 1.70 bits per heavy atom. The monoisotopic (exact) mass is 914 g/mol. The van der Waals surface area contributed by atoms with E-state index in [0.717, 1.165) is 13.1 Å². The number of carbonyl (C=O) groups is 6. The molecule has 0 aromatic heterocycles. The van der Waals surface area contributed by atoms with E-state index in [9.17, 15) is 38.9 Å². The van der Waals surface area contributed by atoms with Gasteiger partial charge in [0, 0.05) is 48.1 Å². The molecule has 0 radical (unpaired) electrons. The van der Waals surface area contributed by atoms with Crippen LogP contribution in [0.3, 0.4) is 0 Å². The Kier molecular flexibility index (Phi) is 13.1. The number of hydrogen-bond donors (Lipinski definition) is 4. The molecule has 18 heteroatoms. The number of hydrogen-bond acceptors (Lipinski definition) is 10. The Labute approximate surface area is 385 Å². The van der Waals surface area contributed by atoms with Gasteiger partial charge in [-0.25, -0.2) is 29.0 Å². The maximum Gasteiger partial charge on any atom is 0.409 e. The Morgan fingerprint density at radius 2 is 1.24 bits per heavy atom. The van der Waals surface area contributed by atoms with Crippen molar-refractivity contribution in [2.24, 2.45) is 0 Å². The van der Waals surface area contributed by atoms with E-state index >= 15 is 0 Å². The first-order valence-corrected chi connectivity index (χ1v) is 22.1. The fourth-order valence-corrected chi connectivity index (χ4v) is 8.66. The number of ether oxygens (including phenoxy) is 1. The smallest absolute Gasteiger partial charge is 0.409 e. The summed E-state index contributed by atoms with van der Waals surface area (Å²) in [5, 5.41) is 22.1. The van der Waals surface area contributed by atoms with Crippen molar-refractivity contribution < 1.29 is 38.4 Å². The van der Waals surface area contributed by atoms with Crippen molar-refractivity contribution >= 4 is 69.7 Å². The maximum atomic E-state index is 13.3. The van der Waals surface area contributed by atoms with Gasteiger partial charge in [-0.3, -0.25) is 19.7 Å². The summed E-state index contributed by atoms with van der Waals surface area (Å²) >= 11 is 4.92. The highest BCUT2D eigenvalue weighted by Gasteiger charge is 2.54. The average molecular weight is 915 g/mol. The molecule has 66 heavy (non-hydrogen) atoms. The van der Waals surface area contributed by atoms with Crippen LogP contribution in [0.2, 0.25) is 0 Å². The molecule has 4 heterocycles. The molecule has 0 unspecified atom stereocenters. The second kappa shape index (κ2) is 19.0. The van der Waals surface area contributed by atoms with Gasteiger partial charge in [-0.2, -0.15) is 0 Å². The van der Waals surface area contributed by atoms with Gasteiger partial charge in [0.25, 0.3) is 17.5 Å². The molecular weight excluding hydrogens is 868 g/mol. The number of piperidine rings is 2. The van der Waals surface area contributed by atoms with E-state index in [0.29, 0.717) is 73.2 Å². The molecule has 8 amide bonds. The summed E-state index contributed by atoms with van der Waals surface area (Å²) in [6.45, 7) is 2.25. The molecule has 6 fully saturated rings. The Balaban J connectivity index is 0.000000149. The average Bonchev–Trinajstić information content (AvgIpc) is 4.26. The van der Waals surface area contributed by atoms with Gasteiger partial charge >= 0.3 is 23.5 Å². The van der Waals surface area contributed by atoms with Crippen molar-refractivity contribution in [1.29, 1.82) is 0 Å². The highest BCUT2D eigenvalue weighted by molar-refractivity contribution is 6.61. The van der Waals surface area contributed by atoms with Gasteiger partial charge in [0.05, 0.1) is 16.3 Å². The lowest BCUT2D eigenvalue weighted by Gasteiger charge is -2.37. The Morgan fingerprint density at radius 1 is 0.742 bits per heavy atom. The molecule has 4 aromatic carbocycles. The molecular formula is C48H47ClN8O9. The lowest BCUT2D eigenvalue weighted by molar-refractivity contribution is -0.384. The van der Waals surface area contributed by atoms with Crippen LogP contribution >= 0.6 is 11.6 Å². The van der Waals surface area contributed by atoms with E-state index < -0.39 is 27.5 Å². The number of rotatable bonds is 7. The normalized spacial score (nSPS) is 19.1. The van der Waals surface area contributed by atoms with Crippen LogP contribution in [0.4, 0.5) is 41.9 Å². The minimum atomic E-state index is -0.978. The Hall–Kier alpha value is -7.29. The molecule has 4 saturated heterocycles. The van der Waals surface area contributed by atoms with Crippen LogP contribution in [0.1, 0.15) is 79.9 Å². The first kappa shape index (κ1) is 45.3. The molecule has 2 aliphatic carbocycles. The predicted molar refractivity (Wildman–Crippen MR) is 246 cm³/mol. The summed E-state index contributed by atoms with van der Waals surface area (Å²) in [5.41, 5.74) is 2.42. The topological polar surface area (TPSA) is 213 Å². The minimum absolute atomic E-state index is 0.0747. The van der Waals surface area contributed by atoms with Gasteiger partial charge in [0.1, 0.15) is 16.8 Å². The largest absolute Gasteiger partial charge is 0.414 e. The minimum Gasteiger partial charge on any atom is -0.414 e. The number of benzene rings is 4. The molecule has 340 valence electrons. The van der Waals surface area contributed by atoms with E-state index in [4.69, 9.17) is 18.0 Å². The third-order valence-corrected chi connectivity index (χ3v) is 12.7. The highest BCUT2D eigenvalue weighted by atomic mass is 35.5. The standard InChI is InChI=1S/C25H24N4O3.C16H19N3O2.C7H4ClNO4/c1-2-17-4-3-5-20(16-17)26-23(31)28-14-12-25(13-15-28)22(30)29(24(32)27-25)21-10-8-19(9-11-21)18-6-7-18;20-14-16(7-9-17-10-8-16)18-15(21)19(14)13-5-3-12(4-6-13)11-1-2-11;8-7(10)13-6-3-1-5(2-4-6)9(11)12/h1,3-5,8-11,16,18H,6-7,12-15H2,(H,26,31)(H,27,32);3-6,11,17H,1-2,7-10H2,(H,18,21);1-4H. The summed E-state index contributed by atoms with van der Waals surface area (Å²) in [7, 11) is 0. The van der Waals surface area contributed by atoms with Crippen molar-refractivity contribution in [2.45, 2.75) is 74.3 Å². The zero-order chi connectivity index (χ0) is 46.6. The second-order valence-electron chi connectivity index (χ2n) is 17.0. The van der Waals surface area contributed by atoms with Gasteiger partial charge in [0.2, 0.25) is 0 Å². The SMILES string of the molecule is C#Cc1cccc(NC(=O)N2CCC3(CC2)NC(=O)N(c2ccc(C4CC4)cc2)C3=O)c1.O=C(Cl)Oc1ccc([N+](=O)[O-])cc1.O=C1NC2(CCNCC2)C(=O)N1c1ccc(C2CC2)cc1. The summed E-state index contributed by atoms with van der Waals surface area (Å²) in [4.78, 5) is 87.7. The van der Waals surface area contributed by atoms with Crippen molar-refractivity contribution in [2.75, 3.05) is 41.3 Å². The van der Waals surface area contributed by atoms with Crippen LogP contribution in [-0.2, 0) is 9.59 Å². The third-order valence-electron chi connectivity index (χ3n) is 12.6. The highest BCUT2D eigenvalue weighted by Crippen LogP contribution is 2.42. The van der Waals surface area contributed by atoms with E-state index in [1.54, 1.807) is 29.2 Å². The van der Waals surface area contributed by atoms with Gasteiger partial charge < -0.3 is 30.9 Å². The van der Waals surface area contributed by atoms with Gasteiger partial charge in [0.15, 0.2) is 0 Å². The van der Waals surface area contributed by atoms with Crippen molar-refractivity contribution in [1.82, 2.24) is 20.9 Å². The summed E-state index contributed by atoms with van der Waals surface area (Å²) in [6.07, 6.45) is 12.4. The summed E-state index contributed by atoms with van der Waals surface area (Å²) in [5.74, 6) is 3.66. The maximum absolute atomic E-state index is 13.3. The molecule has 0 bridgehead atoms. The lowest BCUT2D eigenvalue weighted by atomic mass is 9.87. The first-order chi connectivity index (χ1) is 31.8. The van der Waals surface area contributed by atoms with E-state index in [1.165, 1.54) is 70.9 Å². The van der Waals surface area contributed by atoms with Crippen molar-refractivity contribution in [3.8, 4) is 18.1 Å². The number of urea groups is 3. The van der Waals surface area contributed by atoms with Gasteiger partial charge in [-0.05, 0) is 142 Å².